The molecule has 0 aliphatic heterocycles. The van der Waals surface area contributed by atoms with E-state index in [1.54, 1.807) is 13.3 Å². The number of hydrogen-bond donors (Lipinski definition) is 0. The molecule has 1 rings (SSSR count). The van der Waals surface area contributed by atoms with Gasteiger partial charge in [0.25, 0.3) is 0 Å². The van der Waals surface area contributed by atoms with E-state index in [2.05, 4.69) is 4.98 Å². The third-order valence-corrected chi connectivity index (χ3v) is 2.62. The van der Waals surface area contributed by atoms with E-state index >= 15 is 0 Å². The lowest BCUT2D eigenvalue weighted by molar-refractivity contribution is 0.112. The first-order valence-corrected chi connectivity index (χ1v) is 4.70. The van der Waals surface area contributed by atoms with Gasteiger partial charge in [-0.3, -0.25) is 4.79 Å². The molecule has 0 amide bonds. The number of aromatic nitrogens is 1. The van der Waals surface area contributed by atoms with Gasteiger partial charge < -0.3 is 9.64 Å². The minimum Gasteiger partial charge on any atom is -0.383 e. The summed E-state index contributed by atoms with van der Waals surface area (Å²) in [6, 6.07) is 0. The Labute approximate surface area is 81.2 Å². The molecule has 0 radical (unpaired) electrons. The van der Waals surface area contributed by atoms with Crippen LogP contribution in [-0.4, -0.2) is 38.6 Å². The Bertz CT molecular complexity index is 275. The summed E-state index contributed by atoms with van der Waals surface area (Å²) < 4.78 is 4.93. The number of methoxy groups -OCH3 is 1. The zero-order valence-electron chi connectivity index (χ0n) is 7.69. The average Bonchev–Trinajstić information content (AvgIpc) is 2.62. The standard InChI is InChI=1S/C8H12N2O2S/c1-10(3-4-12-2)8-9-5-7(6-11)13-8/h5-6H,3-4H2,1-2H3. The SMILES string of the molecule is COCCN(C)c1ncc(C=O)s1. The molecule has 0 spiro atoms. The maximum Gasteiger partial charge on any atom is 0.185 e. The number of anilines is 1. The molecule has 1 heterocycles. The van der Waals surface area contributed by atoms with Crippen LogP contribution in [0, 0.1) is 0 Å². The molecule has 0 saturated heterocycles. The topological polar surface area (TPSA) is 42.4 Å². The van der Waals surface area contributed by atoms with E-state index in [4.69, 9.17) is 4.74 Å². The fourth-order valence-electron chi connectivity index (χ4n) is 0.832. The number of rotatable bonds is 5. The van der Waals surface area contributed by atoms with Gasteiger partial charge in [0.1, 0.15) is 0 Å². The van der Waals surface area contributed by atoms with Crippen LogP contribution < -0.4 is 4.90 Å². The van der Waals surface area contributed by atoms with E-state index in [1.165, 1.54) is 11.3 Å². The smallest absolute Gasteiger partial charge is 0.185 e. The molecule has 0 saturated carbocycles. The Morgan fingerprint density at radius 2 is 2.54 bits per heavy atom. The first-order chi connectivity index (χ1) is 6.27. The summed E-state index contributed by atoms with van der Waals surface area (Å²) in [4.78, 5) is 17.1. The van der Waals surface area contributed by atoms with Gasteiger partial charge in [0.15, 0.2) is 11.4 Å². The molecular formula is C8H12N2O2S. The highest BCUT2D eigenvalue weighted by atomic mass is 32.1. The zero-order valence-corrected chi connectivity index (χ0v) is 8.50. The maximum atomic E-state index is 10.4. The van der Waals surface area contributed by atoms with E-state index in [0.717, 1.165) is 18.0 Å². The van der Waals surface area contributed by atoms with Gasteiger partial charge in [-0.2, -0.15) is 0 Å². The lowest BCUT2D eigenvalue weighted by Gasteiger charge is -2.14. The van der Waals surface area contributed by atoms with E-state index in [1.807, 2.05) is 11.9 Å². The monoisotopic (exact) mass is 200 g/mol. The molecule has 0 unspecified atom stereocenters. The molecular weight excluding hydrogens is 188 g/mol. The van der Waals surface area contributed by atoms with Gasteiger partial charge in [-0.05, 0) is 0 Å². The summed E-state index contributed by atoms with van der Waals surface area (Å²) in [5.41, 5.74) is 0. The van der Waals surface area contributed by atoms with Crippen LogP contribution in [0.25, 0.3) is 0 Å². The van der Waals surface area contributed by atoms with Crippen molar-refractivity contribution in [2.24, 2.45) is 0 Å². The highest BCUT2D eigenvalue weighted by Gasteiger charge is 2.05. The summed E-state index contributed by atoms with van der Waals surface area (Å²) in [6.45, 7) is 1.44. The van der Waals surface area contributed by atoms with Crippen molar-refractivity contribution in [3.05, 3.63) is 11.1 Å². The van der Waals surface area contributed by atoms with Crippen LogP contribution in [0.1, 0.15) is 9.67 Å². The van der Waals surface area contributed by atoms with E-state index in [-0.39, 0.29) is 0 Å². The number of likely N-dealkylation sites (N-methyl/N-ethyl adjacent to an activating group) is 1. The predicted molar refractivity (Wildman–Crippen MR) is 52.6 cm³/mol. The van der Waals surface area contributed by atoms with Crippen molar-refractivity contribution >= 4 is 22.8 Å². The molecule has 72 valence electrons. The van der Waals surface area contributed by atoms with E-state index in [0.29, 0.717) is 11.5 Å². The Hall–Kier alpha value is -0.940. The second-order valence-electron chi connectivity index (χ2n) is 2.58. The Morgan fingerprint density at radius 1 is 1.77 bits per heavy atom. The molecule has 4 nitrogen and oxygen atoms in total. The van der Waals surface area contributed by atoms with Crippen molar-refractivity contribution in [2.75, 3.05) is 32.2 Å². The summed E-state index contributed by atoms with van der Waals surface area (Å²) in [5.74, 6) is 0. The van der Waals surface area contributed by atoms with Crippen molar-refractivity contribution in [3.8, 4) is 0 Å². The average molecular weight is 200 g/mol. The van der Waals surface area contributed by atoms with Crippen LogP contribution in [0.15, 0.2) is 6.20 Å². The van der Waals surface area contributed by atoms with Crippen molar-refractivity contribution in [2.45, 2.75) is 0 Å². The Kier molecular flexibility index (Phi) is 3.85. The molecule has 1 aromatic heterocycles. The van der Waals surface area contributed by atoms with Crippen LogP contribution in [0.3, 0.4) is 0 Å². The van der Waals surface area contributed by atoms with Gasteiger partial charge in [-0.1, -0.05) is 11.3 Å². The van der Waals surface area contributed by atoms with Crippen LogP contribution in [0.4, 0.5) is 5.13 Å². The van der Waals surface area contributed by atoms with Crippen LogP contribution in [0.5, 0.6) is 0 Å². The minimum atomic E-state index is 0.652. The fraction of sp³-hybridized carbons (Fsp3) is 0.500. The van der Waals surface area contributed by atoms with Gasteiger partial charge in [0, 0.05) is 20.7 Å². The molecule has 0 aliphatic carbocycles. The molecule has 0 bridgehead atoms. The summed E-state index contributed by atoms with van der Waals surface area (Å²) in [7, 11) is 3.58. The molecule has 0 fully saturated rings. The largest absolute Gasteiger partial charge is 0.383 e. The molecule has 13 heavy (non-hydrogen) atoms. The normalized spacial score (nSPS) is 10.0. The fourth-order valence-corrected chi connectivity index (χ4v) is 1.55. The Morgan fingerprint density at radius 3 is 3.08 bits per heavy atom. The van der Waals surface area contributed by atoms with Crippen molar-refractivity contribution < 1.29 is 9.53 Å². The first-order valence-electron chi connectivity index (χ1n) is 3.89. The predicted octanol–water partition coefficient (Wildman–Crippen LogP) is 1.04. The first kappa shape index (κ1) is 10.1. The van der Waals surface area contributed by atoms with E-state index in [9.17, 15) is 4.79 Å². The number of nitrogens with zero attached hydrogens (tertiary/aromatic N) is 2. The van der Waals surface area contributed by atoms with Crippen LogP contribution in [-0.2, 0) is 4.74 Å². The highest BCUT2D eigenvalue weighted by molar-refractivity contribution is 7.17. The molecule has 0 aromatic carbocycles. The third-order valence-electron chi connectivity index (χ3n) is 1.58. The second kappa shape index (κ2) is 4.94. The van der Waals surface area contributed by atoms with Gasteiger partial charge in [-0.15, -0.1) is 0 Å². The van der Waals surface area contributed by atoms with Gasteiger partial charge in [-0.25, -0.2) is 4.98 Å². The lowest BCUT2D eigenvalue weighted by atomic mass is 10.6. The molecule has 0 aliphatic rings. The molecule has 0 N–H and O–H groups in total. The van der Waals surface area contributed by atoms with Crippen LogP contribution in [0.2, 0.25) is 0 Å². The minimum absolute atomic E-state index is 0.652. The number of hydrogen-bond acceptors (Lipinski definition) is 5. The number of aldehydes is 1. The van der Waals surface area contributed by atoms with Crippen LogP contribution >= 0.6 is 11.3 Å². The maximum absolute atomic E-state index is 10.4. The van der Waals surface area contributed by atoms with Gasteiger partial charge >= 0.3 is 0 Å². The number of ether oxygens (including phenoxy) is 1. The lowest BCUT2D eigenvalue weighted by Crippen LogP contribution is -2.21. The van der Waals surface area contributed by atoms with Gasteiger partial charge in [0.2, 0.25) is 0 Å². The summed E-state index contributed by atoms with van der Waals surface area (Å²) in [6.07, 6.45) is 2.39. The quantitative estimate of drug-likeness (QED) is 0.666. The molecule has 0 atom stereocenters. The third kappa shape index (κ3) is 2.78. The molecule has 1 aromatic rings. The van der Waals surface area contributed by atoms with Gasteiger partial charge in [0.05, 0.1) is 17.7 Å². The Balaban J connectivity index is 2.54. The second-order valence-corrected chi connectivity index (χ2v) is 3.62. The zero-order chi connectivity index (χ0) is 9.68. The van der Waals surface area contributed by atoms with Crippen molar-refractivity contribution in [1.29, 1.82) is 0 Å². The number of carbonyl (C=O) groups excluding carboxylic acids is 1. The summed E-state index contributed by atoms with van der Waals surface area (Å²) in [5, 5.41) is 0.846. The summed E-state index contributed by atoms with van der Waals surface area (Å²) >= 11 is 1.38. The molecule has 5 heteroatoms. The van der Waals surface area contributed by atoms with Crippen molar-refractivity contribution in [3.63, 3.8) is 0 Å². The number of thiazole rings is 1. The number of carbonyl (C=O) groups is 1. The van der Waals surface area contributed by atoms with Crippen molar-refractivity contribution in [1.82, 2.24) is 4.98 Å². The highest BCUT2D eigenvalue weighted by Crippen LogP contribution is 2.19. The van der Waals surface area contributed by atoms with E-state index < -0.39 is 0 Å².